The fourth-order valence-electron chi connectivity index (χ4n) is 4.51. The first kappa shape index (κ1) is 24.3. The van der Waals surface area contributed by atoms with Gasteiger partial charge in [-0.2, -0.15) is 0 Å². The Balaban J connectivity index is 1.08. The smallest absolute Gasteiger partial charge is 0.258 e. The number of rotatable bonds is 10. The molecule has 2 aliphatic heterocycles. The fourth-order valence-corrected chi connectivity index (χ4v) is 4.51. The van der Waals surface area contributed by atoms with Crippen LogP contribution in [0.5, 0.6) is 5.75 Å². The normalized spacial score (nSPS) is 16.2. The maximum Gasteiger partial charge on any atom is 0.258 e. The Bertz CT molecular complexity index is 1210. The molecule has 2 aromatic carbocycles. The zero-order chi connectivity index (χ0) is 24.7. The van der Waals surface area contributed by atoms with Crippen molar-refractivity contribution < 1.29 is 24.1 Å². The lowest BCUT2D eigenvalue weighted by molar-refractivity contribution is -0.116. The second-order valence-electron chi connectivity index (χ2n) is 8.89. The van der Waals surface area contributed by atoms with E-state index in [2.05, 4.69) is 15.2 Å². The first-order chi connectivity index (χ1) is 17.7. The Morgan fingerprint density at radius 1 is 1.03 bits per heavy atom. The van der Waals surface area contributed by atoms with E-state index >= 15 is 0 Å². The second kappa shape index (κ2) is 11.6. The molecule has 1 saturated heterocycles. The highest BCUT2D eigenvalue weighted by atomic mass is 16.5. The van der Waals surface area contributed by atoms with E-state index in [0.717, 1.165) is 55.2 Å². The Hall–Kier alpha value is -3.40. The summed E-state index contributed by atoms with van der Waals surface area (Å²) < 4.78 is 18.8. The molecule has 2 N–H and O–H groups in total. The number of hydrogen-bond donors (Lipinski definition) is 2. The van der Waals surface area contributed by atoms with E-state index in [4.69, 9.17) is 14.2 Å². The van der Waals surface area contributed by atoms with Gasteiger partial charge in [0.1, 0.15) is 29.5 Å². The summed E-state index contributed by atoms with van der Waals surface area (Å²) in [5.74, 6) is 1.00. The number of para-hydroxylation sites is 2. The van der Waals surface area contributed by atoms with Crippen LogP contribution in [0.2, 0.25) is 0 Å². The van der Waals surface area contributed by atoms with Crippen molar-refractivity contribution in [2.45, 2.75) is 19.5 Å². The molecule has 5 rings (SSSR count). The highest BCUT2D eigenvalue weighted by Crippen LogP contribution is 2.29. The molecule has 3 heterocycles. The summed E-state index contributed by atoms with van der Waals surface area (Å²) in [5, 5.41) is 13.4. The summed E-state index contributed by atoms with van der Waals surface area (Å²) in [6.07, 6.45) is 0.402. The number of nitrogens with one attached hydrogen (secondary N) is 1. The van der Waals surface area contributed by atoms with E-state index in [1.54, 1.807) is 0 Å². The van der Waals surface area contributed by atoms with Crippen molar-refractivity contribution >= 4 is 22.5 Å². The lowest BCUT2D eigenvalue weighted by Gasteiger charge is -2.26. The van der Waals surface area contributed by atoms with E-state index in [0.29, 0.717) is 45.2 Å². The van der Waals surface area contributed by atoms with Crippen molar-refractivity contribution in [3.63, 3.8) is 0 Å². The standard InChI is InChI=1S/C27H32N4O5/c32-24-9-10-31-23-4-2-1-3-22(23)29-26(31)25(24)27(33)28-19-20-5-7-21(8-6-20)36-18-17-35-16-13-30-11-14-34-15-12-30/h1-8,32H,9-19H2,(H,28,33). The number of benzene rings is 2. The van der Waals surface area contributed by atoms with E-state index in [9.17, 15) is 9.90 Å². The van der Waals surface area contributed by atoms with Gasteiger partial charge in [-0.15, -0.1) is 0 Å². The van der Waals surface area contributed by atoms with E-state index in [1.165, 1.54) is 0 Å². The number of allylic oxidation sites excluding steroid dienone is 1. The van der Waals surface area contributed by atoms with Gasteiger partial charge in [-0.1, -0.05) is 24.3 Å². The molecule has 0 saturated carbocycles. The summed E-state index contributed by atoms with van der Waals surface area (Å²) in [5.41, 5.74) is 2.95. The lowest BCUT2D eigenvalue weighted by atomic mass is 10.1. The number of hydrogen-bond acceptors (Lipinski definition) is 7. The monoisotopic (exact) mass is 492 g/mol. The quantitative estimate of drug-likeness (QED) is 0.420. The molecule has 190 valence electrons. The minimum absolute atomic E-state index is 0.0752. The molecule has 3 aromatic rings. The molecule has 1 aromatic heterocycles. The topological polar surface area (TPSA) is 98.1 Å². The number of aliphatic hydroxyl groups is 1. The molecule has 36 heavy (non-hydrogen) atoms. The van der Waals surface area contributed by atoms with Crippen LogP contribution in [0.15, 0.2) is 54.3 Å². The zero-order valence-electron chi connectivity index (χ0n) is 20.3. The lowest BCUT2D eigenvalue weighted by Crippen LogP contribution is -2.38. The average Bonchev–Trinajstić information content (AvgIpc) is 3.29. The van der Waals surface area contributed by atoms with Crippen LogP contribution in [0.1, 0.15) is 17.8 Å². The van der Waals surface area contributed by atoms with Crippen LogP contribution in [0, 0.1) is 0 Å². The molecule has 0 aliphatic carbocycles. The van der Waals surface area contributed by atoms with Gasteiger partial charge in [0.25, 0.3) is 5.91 Å². The van der Waals surface area contributed by atoms with E-state index in [-0.39, 0.29) is 17.2 Å². The number of morpholine rings is 1. The van der Waals surface area contributed by atoms with Crippen LogP contribution < -0.4 is 10.1 Å². The number of aryl methyl sites for hydroxylation is 1. The van der Waals surface area contributed by atoms with Crippen LogP contribution in [-0.4, -0.2) is 78.1 Å². The SMILES string of the molecule is O=C(NCc1ccc(OCCOCCN2CCOCC2)cc1)C1=C(O)CCn2c1nc1ccccc12. The van der Waals surface area contributed by atoms with Gasteiger partial charge < -0.3 is 29.2 Å². The Morgan fingerprint density at radius 3 is 2.67 bits per heavy atom. The fraction of sp³-hybridized carbons (Fsp3) is 0.407. The first-order valence-corrected chi connectivity index (χ1v) is 12.4. The van der Waals surface area contributed by atoms with Gasteiger partial charge in [-0.25, -0.2) is 4.98 Å². The predicted molar refractivity (Wildman–Crippen MR) is 136 cm³/mol. The second-order valence-corrected chi connectivity index (χ2v) is 8.89. The summed E-state index contributed by atoms with van der Waals surface area (Å²) in [4.78, 5) is 19.9. The molecule has 0 atom stereocenters. The highest BCUT2D eigenvalue weighted by molar-refractivity contribution is 6.19. The first-order valence-electron chi connectivity index (χ1n) is 12.4. The van der Waals surface area contributed by atoms with Gasteiger partial charge >= 0.3 is 0 Å². The summed E-state index contributed by atoms with van der Waals surface area (Å²) in [6, 6.07) is 15.3. The Labute approximate surface area is 210 Å². The van der Waals surface area contributed by atoms with Crippen LogP contribution in [0.3, 0.4) is 0 Å². The number of aliphatic hydroxyl groups excluding tert-OH is 1. The van der Waals surface area contributed by atoms with Crippen molar-refractivity contribution in [2.75, 3.05) is 52.7 Å². The van der Waals surface area contributed by atoms with Crippen LogP contribution in [-0.2, 0) is 27.4 Å². The van der Waals surface area contributed by atoms with Crippen molar-refractivity contribution in [1.82, 2.24) is 19.8 Å². The number of carbonyl (C=O) groups excluding carboxylic acids is 1. The number of nitrogens with zero attached hydrogens (tertiary/aromatic N) is 3. The molecule has 1 fully saturated rings. The van der Waals surface area contributed by atoms with Gasteiger partial charge in [0.2, 0.25) is 0 Å². The number of amides is 1. The van der Waals surface area contributed by atoms with Crippen LogP contribution in [0.4, 0.5) is 0 Å². The maximum atomic E-state index is 13.0. The zero-order valence-corrected chi connectivity index (χ0v) is 20.3. The average molecular weight is 493 g/mol. The van der Waals surface area contributed by atoms with Crippen molar-refractivity contribution in [3.05, 3.63) is 65.7 Å². The minimum Gasteiger partial charge on any atom is -0.511 e. The van der Waals surface area contributed by atoms with Crippen LogP contribution >= 0.6 is 0 Å². The molecule has 9 nitrogen and oxygen atoms in total. The van der Waals surface area contributed by atoms with Gasteiger partial charge in [0.05, 0.1) is 37.5 Å². The highest BCUT2D eigenvalue weighted by Gasteiger charge is 2.27. The summed E-state index contributed by atoms with van der Waals surface area (Å²) in [7, 11) is 0. The molecule has 0 radical (unpaired) electrons. The maximum absolute atomic E-state index is 13.0. The molecule has 1 amide bonds. The van der Waals surface area contributed by atoms with Gasteiger partial charge in [0.15, 0.2) is 0 Å². The third-order valence-corrected chi connectivity index (χ3v) is 6.49. The molecular weight excluding hydrogens is 460 g/mol. The van der Waals surface area contributed by atoms with Crippen molar-refractivity contribution in [3.8, 4) is 5.75 Å². The predicted octanol–water partition coefficient (Wildman–Crippen LogP) is 2.75. The third-order valence-electron chi connectivity index (χ3n) is 6.49. The molecule has 0 spiro atoms. The molecule has 0 unspecified atom stereocenters. The Morgan fingerprint density at radius 2 is 1.83 bits per heavy atom. The molecule has 0 bridgehead atoms. The van der Waals surface area contributed by atoms with Crippen molar-refractivity contribution in [2.24, 2.45) is 0 Å². The van der Waals surface area contributed by atoms with E-state index in [1.807, 2.05) is 53.1 Å². The number of carbonyl (C=O) groups is 1. The van der Waals surface area contributed by atoms with Gasteiger partial charge in [-0.05, 0) is 29.8 Å². The number of aromatic nitrogens is 2. The van der Waals surface area contributed by atoms with E-state index < -0.39 is 0 Å². The molecule has 2 aliphatic rings. The third kappa shape index (κ3) is 5.70. The Kier molecular flexibility index (Phi) is 7.80. The summed E-state index contributed by atoms with van der Waals surface area (Å²) in [6.45, 7) is 7.07. The van der Waals surface area contributed by atoms with Crippen LogP contribution in [0.25, 0.3) is 16.6 Å². The number of imidazole rings is 1. The summed E-state index contributed by atoms with van der Waals surface area (Å²) >= 11 is 0. The molecule has 9 heteroatoms. The van der Waals surface area contributed by atoms with Gasteiger partial charge in [0, 0.05) is 39.1 Å². The molecular formula is C27H32N4O5. The number of fused-ring (bicyclic) bond motifs is 3. The largest absolute Gasteiger partial charge is 0.511 e. The minimum atomic E-state index is -0.335. The number of ether oxygens (including phenoxy) is 3. The van der Waals surface area contributed by atoms with Gasteiger partial charge in [-0.3, -0.25) is 9.69 Å². The van der Waals surface area contributed by atoms with Crippen molar-refractivity contribution in [1.29, 1.82) is 0 Å².